The number of nitrogens with zero attached hydrogens (tertiary/aromatic N) is 2. The van der Waals surface area contributed by atoms with Crippen molar-refractivity contribution in [2.24, 2.45) is 0 Å². The molecule has 1 heterocycles. The number of imide groups is 1. The molecule has 0 saturated carbocycles. The number of para-hydroxylation sites is 2. The number of carbonyl (C=O) groups excluding carboxylic acids is 2. The van der Waals surface area contributed by atoms with Gasteiger partial charge in [-0.15, -0.1) is 0 Å². The summed E-state index contributed by atoms with van der Waals surface area (Å²) in [5.41, 5.74) is 2.52. The third kappa shape index (κ3) is 4.70. The molecule has 0 spiro atoms. The molecule has 3 rings (SSSR count). The Morgan fingerprint density at radius 1 is 0.962 bits per heavy atom. The minimum atomic E-state index is -0.527. The first-order valence-electron chi connectivity index (χ1n) is 8.17. The van der Waals surface area contributed by atoms with E-state index in [0.29, 0.717) is 6.54 Å². The van der Waals surface area contributed by atoms with E-state index in [0.717, 1.165) is 16.9 Å². The third-order valence-corrected chi connectivity index (χ3v) is 3.64. The lowest BCUT2D eigenvalue weighted by atomic mass is 10.2. The largest absolute Gasteiger partial charge is 0.374 e. The molecule has 0 atom stereocenters. The molecule has 0 aliphatic carbocycles. The van der Waals surface area contributed by atoms with Gasteiger partial charge in [0.2, 0.25) is 5.91 Å². The fourth-order valence-electron chi connectivity index (χ4n) is 2.40. The van der Waals surface area contributed by atoms with Crippen molar-refractivity contribution in [1.29, 1.82) is 0 Å². The molecular weight excluding hydrogens is 330 g/mol. The summed E-state index contributed by atoms with van der Waals surface area (Å²) in [6, 6.07) is 18.3. The van der Waals surface area contributed by atoms with Crippen LogP contribution in [-0.4, -0.2) is 28.3 Å². The van der Waals surface area contributed by atoms with E-state index in [2.05, 4.69) is 21.0 Å². The van der Waals surface area contributed by atoms with Gasteiger partial charge in [0.05, 0.1) is 17.9 Å². The predicted molar refractivity (Wildman–Crippen MR) is 98.9 cm³/mol. The van der Waals surface area contributed by atoms with E-state index in [1.54, 1.807) is 10.9 Å². The van der Waals surface area contributed by atoms with Crippen molar-refractivity contribution >= 4 is 17.6 Å². The molecule has 3 amide bonds. The van der Waals surface area contributed by atoms with Gasteiger partial charge in [-0.05, 0) is 23.8 Å². The highest BCUT2D eigenvalue weighted by Gasteiger charge is 2.09. The molecule has 0 fully saturated rings. The Morgan fingerprint density at radius 3 is 2.50 bits per heavy atom. The zero-order valence-electron chi connectivity index (χ0n) is 14.1. The molecule has 0 radical (unpaired) electrons. The summed E-state index contributed by atoms with van der Waals surface area (Å²) in [6.45, 7) is 0.326. The summed E-state index contributed by atoms with van der Waals surface area (Å²) in [6.07, 6.45) is 3.50. The number of urea groups is 1. The van der Waals surface area contributed by atoms with Gasteiger partial charge in [0.15, 0.2) is 0 Å². The van der Waals surface area contributed by atoms with E-state index in [9.17, 15) is 9.59 Å². The fraction of sp³-hybridized carbons (Fsp3) is 0.105. The monoisotopic (exact) mass is 349 g/mol. The first kappa shape index (κ1) is 17.2. The van der Waals surface area contributed by atoms with E-state index < -0.39 is 11.9 Å². The molecule has 132 valence electrons. The highest BCUT2D eigenvalue weighted by Crippen LogP contribution is 2.18. The average Bonchev–Trinajstić information content (AvgIpc) is 3.20. The maximum atomic E-state index is 12.0. The molecule has 3 N–H and O–H groups in total. The third-order valence-electron chi connectivity index (χ3n) is 3.64. The molecule has 1 aromatic heterocycles. The molecule has 2 aromatic carbocycles. The summed E-state index contributed by atoms with van der Waals surface area (Å²) in [5.74, 6) is -0.425. The van der Waals surface area contributed by atoms with Gasteiger partial charge in [0.25, 0.3) is 0 Å². The first-order valence-corrected chi connectivity index (χ1v) is 8.17. The standard InChI is InChI=1S/C19H19N5O2/c25-18(23-19(26)21-13-15-7-2-1-3-8-15)14-20-16-9-4-5-10-17(16)24-12-6-11-22-24/h1-12,20H,13-14H2,(H2,21,23,25,26). The maximum absolute atomic E-state index is 12.0. The molecule has 26 heavy (non-hydrogen) atoms. The van der Waals surface area contributed by atoms with Crippen molar-refractivity contribution < 1.29 is 9.59 Å². The van der Waals surface area contributed by atoms with Crippen LogP contribution in [0.5, 0.6) is 0 Å². The van der Waals surface area contributed by atoms with Crippen LogP contribution in [0.2, 0.25) is 0 Å². The number of hydrogen-bond donors (Lipinski definition) is 3. The van der Waals surface area contributed by atoms with E-state index in [1.807, 2.05) is 66.9 Å². The van der Waals surface area contributed by atoms with Crippen LogP contribution in [0.4, 0.5) is 10.5 Å². The smallest absolute Gasteiger partial charge is 0.321 e. The van der Waals surface area contributed by atoms with E-state index in [1.165, 1.54) is 0 Å². The minimum absolute atomic E-state index is 0.0307. The second-order valence-electron chi connectivity index (χ2n) is 5.54. The van der Waals surface area contributed by atoms with Crippen molar-refractivity contribution in [2.75, 3.05) is 11.9 Å². The Kier molecular flexibility index (Phi) is 5.61. The van der Waals surface area contributed by atoms with Gasteiger partial charge in [-0.25, -0.2) is 9.48 Å². The Morgan fingerprint density at radius 2 is 1.73 bits per heavy atom. The maximum Gasteiger partial charge on any atom is 0.321 e. The molecule has 0 saturated heterocycles. The van der Waals surface area contributed by atoms with Crippen molar-refractivity contribution in [1.82, 2.24) is 20.4 Å². The summed E-state index contributed by atoms with van der Waals surface area (Å²) in [4.78, 5) is 23.8. The van der Waals surface area contributed by atoms with Crippen molar-refractivity contribution in [2.45, 2.75) is 6.54 Å². The Balaban J connectivity index is 1.49. The van der Waals surface area contributed by atoms with Gasteiger partial charge < -0.3 is 10.6 Å². The lowest BCUT2D eigenvalue weighted by molar-refractivity contribution is -0.118. The van der Waals surface area contributed by atoms with E-state index >= 15 is 0 Å². The zero-order valence-corrected chi connectivity index (χ0v) is 14.1. The summed E-state index contributed by atoms with van der Waals surface area (Å²) >= 11 is 0. The molecular formula is C19H19N5O2. The highest BCUT2D eigenvalue weighted by molar-refractivity contribution is 5.96. The van der Waals surface area contributed by atoms with Crippen LogP contribution in [0.3, 0.4) is 0 Å². The minimum Gasteiger partial charge on any atom is -0.374 e. The SMILES string of the molecule is O=C(CNc1ccccc1-n1cccn1)NC(=O)NCc1ccccc1. The molecule has 7 heteroatoms. The number of carbonyl (C=O) groups is 2. The summed E-state index contributed by atoms with van der Waals surface area (Å²) < 4.78 is 1.70. The van der Waals surface area contributed by atoms with Crippen LogP contribution < -0.4 is 16.0 Å². The first-order chi connectivity index (χ1) is 12.7. The number of benzene rings is 2. The van der Waals surface area contributed by atoms with E-state index in [-0.39, 0.29) is 6.54 Å². The molecule has 3 aromatic rings. The number of aromatic nitrogens is 2. The molecule has 0 aliphatic rings. The fourth-order valence-corrected chi connectivity index (χ4v) is 2.40. The lowest BCUT2D eigenvalue weighted by Crippen LogP contribution is -2.41. The molecule has 0 unspecified atom stereocenters. The van der Waals surface area contributed by atoms with Crippen molar-refractivity contribution in [3.63, 3.8) is 0 Å². The van der Waals surface area contributed by atoms with Gasteiger partial charge >= 0.3 is 6.03 Å². The van der Waals surface area contributed by atoms with E-state index in [4.69, 9.17) is 0 Å². The van der Waals surface area contributed by atoms with Gasteiger partial charge in [-0.3, -0.25) is 10.1 Å². The number of hydrogen-bond acceptors (Lipinski definition) is 4. The second-order valence-corrected chi connectivity index (χ2v) is 5.54. The van der Waals surface area contributed by atoms with Gasteiger partial charge in [-0.1, -0.05) is 42.5 Å². The quantitative estimate of drug-likeness (QED) is 0.637. The van der Waals surface area contributed by atoms with Crippen LogP contribution in [0.25, 0.3) is 5.69 Å². The number of anilines is 1. The second kappa shape index (κ2) is 8.48. The van der Waals surface area contributed by atoms with Gasteiger partial charge in [-0.2, -0.15) is 5.10 Å². The van der Waals surface area contributed by atoms with Crippen LogP contribution in [-0.2, 0) is 11.3 Å². The normalized spacial score (nSPS) is 10.2. The Hall–Kier alpha value is -3.61. The number of rotatable bonds is 6. The highest BCUT2D eigenvalue weighted by atomic mass is 16.2. The summed E-state index contributed by atoms with van der Waals surface area (Å²) in [7, 11) is 0. The zero-order chi connectivity index (χ0) is 18.2. The van der Waals surface area contributed by atoms with Crippen LogP contribution in [0, 0.1) is 0 Å². The summed E-state index contributed by atoms with van der Waals surface area (Å²) in [5, 5.41) is 12.2. The van der Waals surface area contributed by atoms with Gasteiger partial charge in [0, 0.05) is 18.9 Å². The number of nitrogens with one attached hydrogen (secondary N) is 3. The van der Waals surface area contributed by atoms with Gasteiger partial charge in [0.1, 0.15) is 0 Å². The van der Waals surface area contributed by atoms with Crippen molar-refractivity contribution in [3.8, 4) is 5.69 Å². The van der Waals surface area contributed by atoms with Crippen LogP contribution in [0.1, 0.15) is 5.56 Å². The molecule has 7 nitrogen and oxygen atoms in total. The van der Waals surface area contributed by atoms with Crippen LogP contribution in [0.15, 0.2) is 73.1 Å². The number of amides is 3. The van der Waals surface area contributed by atoms with Crippen LogP contribution >= 0.6 is 0 Å². The lowest BCUT2D eigenvalue weighted by Gasteiger charge is -2.12. The Labute approximate surface area is 151 Å². The Bertz CT molecular complexity index is 863. The topological polar surface area (TPSA) is 88.1 Å². The van der Waals surface area contributed by atoms with Crippen molar-refractivity contribution in [3.05, 3.63) is 78.6 Å². The molecule has 0 aliphatic heterocycles. The molecule has 0 bridgehead atoms. The average molecular weight is 349 g/mol. The predicted octanol–water partition coefficient (Wildman–Crippen LogP) is 2.31.